The Labute approximate surface area is 162 Å². The van der Waals surface area contributed by atoms with E-state index in [4.69, 9.17) is 34.8 Å². The first kappa shape index (κ1) is 18.1. The van der Waals surface area contributed by atoms with Crippen molar-refractivity contribution in [3.63, 3.8) is 0 Å². The van der Waals surface area contributed by atoms with Crippen molar-refractivity contribution in [1.82, 2.24) is 10.2 Å². The van der Waals surface area contributed by atoms with E-state index >= 15 is 0 Å². The van der Waals surface area contributed by atoms with Crippen LogP contribution in [0.5, 0.6) is 0 Å². The fourth-order valence-electron chi connectivity index (χ4n) is 1.81. The Morgan fingerprint density at radius 3 is 2.58 bits per heavy atom. The zero-order chi connectivity index (χ0) is 17.3. The zero-order valence-electron chi connectivity index (χ0n) is 12.5. The summed E-state index contributed by atoms with van der Waals surface area (Å²) < 4.78 is 0.731. The number of halogens is 3. The van der Waals surface area contributed by atoms with Gasteiger partial charge in [-0.2, -0.15) is 0 Å². The van der Waals surface area contributed by atoms with Gasteiger partial charge in [-0.05, 0) is 31.9 Å². The lowest BCUT2D eigenvalue weighted by Gasteiger charge is -2.13. The number of anilines is 2. The van der Waals surface area contributed by atoms with Crippen LogP contribution in [0.15, 0.2) is 16.5 Å². The minimum Gasteiger partial charge on any atom is -0.357 e. The van der Waals surface area contributed by atoms with Crippen LogP contribution >= 0.6 is 57.9 Å². The molecule has 1 aromatic heterocycles. The molecule has 1 heterocycles. The molecular formula is C14H13Cl3N4OS2. The van der Waals surface area contributed by atoms with Crippen molar-refractivity contribution in [2.24, 2.45) is 0 Å². The molecule has 3 rings (SSSR count). The van der Waals surface area contributed by atoms with Crippen molar-refractivity contribution < 1.29 is 4.79 Å². The number of hydrogen-bond donors (Lipinski definition) is 2. The van der Waals surface area contributed by atoms with Crippen molar-refractivity contribution >= 4 is 74.6 Å². The van der Waals surface area contributed by atoms with E-state index in [2.05, 4.69) is 20.8 Å². The fourth-order valence-corrected chi connectivity index (χ4v) is 4.69. The van der Waals surface area contributed by atoms with Gasteiger partial charge in [-0.25, -0.2) is 0 Å². The van der Waals surface area contributed by atoms with E-state index in [0.717, 1.165) is 9.47 Å². The second-order valence-corrected chi connectivity index (χ2v) is 9.10. The van der Waals surface area contributed by atoms with Crippen molar-refractivity contribution in [3.8, 4) is 0 Å². The van der Waals surface area contributed by atoms with E-state index in [1.165, 1.54) is 48.1 Å². The lowest BCUT2D eigenvalue weighted by atomic mass is 10.3. The summed E-state index contributed by atoms with van der Waals surface area (Å²) in [7, 11) is 0. The number of hydrogen-bond acceptors (Lipinski definition) is 6. The summed E-state index contributed by atoms with van der Waals surface area (Å²) in [6.07, 6.45) is 2.34. The number of nitrogens with one attached hydrogen (secondary N) is 2. The Balaban J connectivity index is 1.61. The molecule has 1 amide bonds. The van der Waals surface area contributed by atoms with Crippen molar-refractivity contribution in [3.05, 3.63) is 27.2 Å². The number of aromatic nitrogens is 2. The Kier molecular flexibility index (Phi) is 5.77. The molecule has 1 saturated carbocycles. The number of benzene rings is 1. The summed E-state index contributed by atoms with van der Waals surface area (Å²) in [4.78, 5) is 12.4. The smallest absolute Gasteiger partial charge is 0.237 e. The molecule has 10 heteroatoms. The SMILES string of the molecule is CC(Sc1nnc(NC2CC2)s1)C(=O)Nc1c(Cl)cc(Cl)cc1Cl. The highest BCUT2D eigenvalue weighted by Gasteiger charge is 2.23. The van der Waals surface area contributed by atoms with Gasteiger partial charge in [0.2, 0.25) is 11.0 Å². The van der Waals surface area contributed by atoms with Crippen LogP contribution < -0.4 is 10.6 Å². The molecule has 1 aliphatic carbocycles. The maximum absolute atomic E-state index is 12.4. The molecule has 1 aliphatic rings. The molecule has 128 valence electrons. The zero-order valence-corrected chi connectivity index (χ0v) is 16.4. The molecule has 0 spiro atoms. The third-order valence-electron chi connectivity index (χ3n) is 3.21. The molecule has 0 bridgehead atoms. The maximum atomic E-state index is 12.4. The van der Waals surface area contributed by atoms with Crippen LogP contribution in [-0.2, 0) is 4.79 Å². The molecule has 2 N–H and O–H groups in total. The van der Waals surface area contributed by atoms with Gasteiger partial charge in [-0.3, -0.25) is 4.79 Å². The van der Waals surface area contributed by atoms with Gasteiger partial charge in [0.15, 0.2) is 4.34 Å². The largest absolute Gasteiger partial charge is 0.357 e. The van der Waals surface area contributed by atoms with Gasteiger partial charge in [-0.15, -0.1) is 10.2 Å². The third kappa shape index (κ3) is 4.67. The van der Waals surface area contributed by atoms with Crippen LogP contribution in [0.1, 0.15) is 19.8 Å². The molecule has 0 radical (unpaired) electrons. The minimum atomic E-state index is -0.380. The van der Waals surface area contributed by atoms with Crippen molar-refractivity contribution in [2.75, 3.05) is 10.6 Å². The molecule has 1 fully saturated rings. The van der Waals surface area contributed by atoms with Crippen LogP contribution in [-0.4, -0.2) is 27.4 Å². The van der Waals surface area contributed by atoms with Gasteiger partial charge in [0.25, 0.3) is 0 Å². The molecule has 1 atom stereocenters. The first-order valence-corrected chi connectivity index (χ1v) is 9.97. The molecule has 2 aromatic rings. The first-order valence-electron chi connectivity index (χ1n) is 7.14. The average Bonchev–Trinajstić information content (AvgIpc) is 3.21. The fraction of sp³-hybridized carbons (Fsp3) is 0.357. The number of thioether (sulfide) groups is 1. The highest BCUT2D eigenvalue weighted by Crippen LogP contribution is 2.35. The predicted molar refractivity (Wildman–Crippen MR) is 102 cm³/mol. The summed E-state index contributed by atoms with van der Waals surface area (Å²) in [5, 5.41) is 15.6. The van der Waals surface area contributed by atoms with Gasteiger partial charge in [0.05, 0.1) is 21.0 Å². The van der Waals surface area contributed by atoms with Gasteiger partial charge >= 0.3 is 0 Å². The number of amides is 1. The Morgan fingerprint density at radius 1 is 1.29 bits per heavy atom. The summed E-state index contributed by atoms with van der Waals surface area (Å²) >= 11 is 20.8. The van der Waals surface area contributed by atoms with E-state index in [-0.39, 0.29) is 11.2 Å². The highest BCUT2D eigenvalue weighted by atomic mass is 35.5. The highest BCUT2D eigenvalue weighted by molar-refractivity contribution is 8.02. The Hall–Kier alpha value is -0.730. The van der Waals surface area contributed by atoms with Crippen molar-refractivity contribution in [1.29, 1.82) is 0 Å². The van der Waals surface area contributed by atoms with Gasteiger partial charge in [-0.1, -0.05) is 57.9 Å². The normalized spacial score (nSPS) is 15.2. The quantitative estimate of drug-likeness (QED) is 0.626. The van der Waals surface area contributed by atoms with E-state index in [1.807, 2.05) is 0 Å². The van der Waals surface area contributed by atoms with Gasteiger partial charge < -0.3 is 10.6 Å². The predicted octanol–water partition coefficient (Wildman–Crippen LogP) is 5.19. The molecule has 5 nitrogen and oxygen atoms in total. The lowest BCUT2D eigenvalue weighted by molar-refractivity contribution is -0.115. The average molecular weight is 424 g/mol. The number of carbonyl (C=O) groups excluding carboxylic acids is 1. The van der Waals surface area contributed by atoms with Crippen LogP contribution in [0.25, 0.3) is 0 Å². The summed E-state index contributed by atoms with van der Waals surface area (Å²) in [5.41, 5.74) is 0.355. The molecule has 0 aliphatic heterocycles. The second kappa shape index (κ2) is 7.66. The summed E-state index contributed by atoms with van der Waals surface area (Å²) in [6.45, 7) is 1.78. The van der Waals surface area contributed by atoms with Crippen LogP contribution in [0.4, 0.5) is 10.8 Å². The molecule has 1 unspecified atom stereocenters. The maximum Gasteiger partial charge on any atom is 0.237 e. The van der Waals surface area contributed by atoms with Gasteiger partial charge in [0, 0.05) is 11.1 Å². The van der Waals surface area contributed by atoms with Crippen LogP contribution in [0.2, 0.25) is 15.1 Å². The number of rotatable bonds is 6. The minimum absolute atomic E-state index is 0.224. The topological polar surface area (TPSA) is 66.9 Å². The Bertz CT molecular complexity index is 743. The van der Waals surface area contributed by atoms with E-state index in [0.29, 0.717) is 26.8 Å². The Morgan fingerprint density at radius 2 is 1.96 bits per heavy atom. The lowest BCUT2D eigenvalue weighted by Crippen LogP contribution is -2.22. The van der Waals surface area contributed by atoms with Gasteiger partial charge in [0.1, 0.15) is 0 Å². The van der Waals surface area contributed by atoms with E-state index in [1.54, 1.807) is 6.92 Å². The molecular weight excluding hydrogens is 411 g/mol. The molecule has 0 saturated heterocycles. The summed E-state index contributed by atoms with van der Waals surface area (Å²) in [5.74, 6) is -0.224. The standard InChI is InChI=1S/C14H13Cl3N4OS2/c1-6(23-14-21-20-13(24-14)18-8-2-3-8)12(22)19-11-9(16)4-7(15)5-10(11)17/h4-6,8H,2-3H2,1H3,(H,18,20)(H,19,22). The monoisotopic (exact) mass is 422 g/mol. The summed E-state index contributed by atoms with van der Waals surface area (Å²) in [6, 6.07) is 3.58. The third-order valence-corrected chi connectivity index (χ3v) is 6.07. The van der Waals surface area contributed by atoms with Crippen molar-refractivity contribution in [2.45, 2.75) is 35.4 Å². The van der Waals surface area contributed by atoms with Crippen LogP contribution in [0, 0.1) is 0 Å². The molecule has 1 aromatic carbocycles. The number of nitrogens with zero attached hydrogens (tertiary/aromatic N) is 2. The second-order valence-electron chi connectivity index (χ2n) is 5.29. The van der Waals surface area contributed by atoms with E-state index < -0.39 is 0 Å². The van der Waals surface area contributed by atoms with E-state index in [9.17, 15) is 4.79 Å². The molecule has 24 heavy (non-hydrogen) atoms. The number of carbonyl (C=O) groups is 1. The first-order chi connectivity index (χ1) is 11.4. The van der Waals surface area contributed by atoms with Crippen LogP contribution in [0.3, 0.4) is 0 Å².